The van der Waals surface area contributed by atoms with Crippen molar-refractivity contribution < 1.29 is 9.47 Å². The molecule has 0 spiro atoms. The molecular weight excluding hydrogens is 216 g/mol. The van der Waals surface area contributed by atoms with Crippen LogP contribution < -0.4 is 5.32 Å². The van der Waals surface area contributed by atoms with Crippen LogP contribution in [0.4, 0.5) is 0 Å². The molecular formula is C13H28N2O2. The lowest BCUT2D eigenvalue weighted by atomic mass is 10.1. The molecule has 1 saturated heterocycles. The third-order valence-electron chi connectivity index (χ3n) is 3.59. The third kappa shape index (κ3) is 5.34. The zero-order chi connectivity index (χ0) is 12.5. The SMILES string of the molecule is COCCNCC1CCCN1C(C)CCOC. The molecule has 102 valence electrons. The van der Waals surface area contributed by atoms with E-state index in [2.05, 4.69) is 17.1 Å². The Labute approximate surface area is 106 Å². The number of ether oxygens (including phenoxy) is 2. The lowest BCUT2D eigenvalue weighted by Crippen LogP contribution is -2.43. The Hall–Kier alpha value is -0.160. The van der Waals surface area contributed by atoms with Gasteiger partial charge in [-0.2, -0.15) is 0 Å². The summed E-state index contributed by atoms with van der Waals surface area (Å²) in [7, 11) is 3.52. The van der Waals surface area contributed by atoms with E-state index >= 15 is 0 Å². The van der Waals surface area contributed by atoms with E-state index in [1.54, 1.807) is 14.2 Å². The van der Waals surface area contributed by atoms with E-state index in [1.807, 2.05) is 0 Å². The van der Waals surface area contributed by atoms with Crippen LogP contribution in [0.3, 0.4) is 0 Å². The first-order chi connectivity index (χ1) is 8.29. The Morgan fingerprint density at radius 2 is 2.06 bits per heavy atom. The summed E-state index contributed by atoms with van der Waals surface area (Å²) < 4.78 is 10.2. The minimum atomic E-state index is 0.631. The molecule has 0 aromatic rings. The number of likely N-dealkylation sites (tertiary alicyclic amines) is 1. The number of methoxy groups -OCH3 is 2. The summed E-state index contributed by atoms with van der Waals surface area (Å²) in [5.74, 6) is 0. The summed E-state index contributed by atoms with van der Waals surface area (Å²) in [6, 6.07) is 1.32. The first kappa shape index (κ1) is 14.9. The van der Waals surface area contributed by atoms with E-state index < -0.39 is 0 Å². The quantitative estimate of drug-likeness (QED) is 0.616. The molecule has 4 nitrogen and oxygen atoms in total. The molecule has 0 aromatic carbocycles. The van der Waals surface area contributed by atoms with Crippen LogP contribution >= 0.6 is 0 Å². The molecule has 2 unspecified atom stereocenters. The summed E-state index contributed by atoms with van der Waals surface area (Å²) in [6.45, 7) is 7.25. The van der Waals surface area contributed by atoms with Crippen LogP contribution in [0.1, 0.15) is 26.2 Å². The highest BCUT2D eigenvalue weighted by atomic mass is 16.5. The Morgan fingerprint density at radius 1 is 1.29 bits per heavy atom. The fourth-order valence-corrected chi connectivity index (χ4v) is 2.55. The predicted octanol–water partition coefficient (Wildman–Crippen LogP) is 1.11. The molecule has 1 aliphatic rings. The van der Waals surface area contributed by atoms with Crippen molar-refractivity contribution in [2.75, 3.05) is 47.1 Å². The predicted molar refractivity (Wildman–Crippen MR) is 70.4 cm³/mol. The first-order valence-corrected chi connectivity index (χ1v) is 6.74. The molecule has 0 aromatic heterocycles. The molecule has 0 bridgehead atoms. The Balaban J connectivity index is 2.22. The highest BCUT2D eigenvalue weighted by molar-refractivity contribution is 4.84. The summed E-state index contributed by atoms with van der Waals surface area (Å²) in [4.78, 5) is 2.62. The summed E-state index contributed by atoms with van der Waals surface area (Å²) >= 11 is 0. The number of nitrogens with zero attached hydrogens (tertiary/aromatic N) is 1. The van der Waals surface area contributed by atoms with Gasteiger partial charge in [-0.05, 0) is 32.7 Å². The van der Waals surface area contributed by atoms with E-state index in [0.29, 0.717) is 12.1 Å². The molecule has 2 atom stereocenters. The molecule has 1 aliphatic heterocycles. The van der Waals surface area contributed by atoms with E-state index in [1.165, 1.54) is 19.4 Å². The largest absolute Gasteiger partial charge is 0.385 e. The van der Waals surface area contributed by atoms with Crippen LogP contribution in [-0.2, 0) is 9.47 Å². The standard InChI is InChI=1S/C13H28N2O2/c1-12(6-9-16-2)15-8-4-5-13(15)11-14-7-10-17-3/h12-14H,4-11H2,1-3H3. The molecule has 0 radical (unpaired) electrons. The maximum Gasteiger partial charge on any atom is 0.0587 e. The number of hydrogen-bond acceptors (Lipinski definition) is 4. The fourth-order valence-electron chi connectivity index (χ4n) is 2.55. The van der Waals surface area contributed by atoms with Crippen LogP contribution in [-0.4, -0.2) is 64.1 Å². The molecule has 1 rings (SSSR count). The highest BCUT2D eigenvalue weighted by Gasteiger charge is 2.27. The van der Waals surface area contributed by atoms with Crippen molar-refractivity contribution in [3.05, 3.63) is 0 Å². The zero-order valence-corrected chi connectivity index (χ0v) is 11.6. The Bertz CT molecular complexity index is 190. The van der Waals surface area contributed by atoms with E-state index in [0.717, 1.165) is 32.7 Å². The number of rotatable bonds is 9. The lowest BCUT2D eigenvalue weighted by molar-refractivity contribution is 0.127. The van der Waals surface area contributed by atoms with Crippen molar-refractivity contribution in [1.82, 2.24) is 10.2 Å². The van der Waals surface area contributed by atoms with Crippen molar-refractivity contribution in [3.8, 4) is 0 Å². The molecule has 1 fully saturated rings. The smallest absolute Gasteiger partial charge is 0.0587 e. The minimum absolute atomic E-state index is 0.631. The first-order valence-electron chi connectivity index (χ1n) is 6.74. The third-order valence-corrected chi connectivity index (χ3v) is 3.59. The van der Waals surface area contributed by atoms with Crippen molar-refractivity contribution >= 4 is 0 Å². The van der Waals surface area contributed by atoms with Crippen LogP contribution in [0, 0.1) is 0 Å². The van der Waals surface area contributed by atoms with Gasteiger partial charge in [-0.1, -0.05) is 0 Å². The van der Waals surface area contributed by atoms with Gasteiger partial charge in [0.1, 0.15) is 0 Å². The van der Waals surface area contributed by atoms with Gasteiger partial charge in [0.15, 0.2) is 0 Å². The average molecular weight is 244 g/mol. The van der Waals surface area contributed by atoms with Gasteiger partial charge in [0.05, 0.1) is 6.61 Å². The van der Waals surface area contributed by atoms with Crippen molar-refractivity contribution in [2.24, 2.45) is 0 Å². The maximum absolute atomic E-state index is 5.16. The second-order valence-electron chi connectivity index (χ2n) is 4.86. The highest BCUT2D eigenvalue weighted by Crippen LogP contribution is 2.20. The second-order valence-corrected chi connectivity index (χ2v) is 4.86. The molecule has 0 amide bonds. The molecule has 1 heterocycles. The molecule has 17 heavy (non-hydrogen) atoms. The monoisotopic (exact) mass is 244 g/mol. The fraction of sp³-hybridized carbons (Fsp3) is 1.00. The summed E-state index contributed by atoms with van der Waals surface area (Å²) in [5, 5.41) is 3.47. The second kappa shape index (κ2) is 8.86. The van der Waals surface area contributed by atoms with Gasteiger partial charge in [0.25, 0.3) is 0 Å². The Morgan fingerprint density at radius 3 is 2.76 bits per heavy atom. The van der Waals surface area contributed by atoms with E-state index in [9.17, 15) is 0 Å². The normalized spacial score (nSPS) is 23.1. The topological polar surface area (TPSA) is 33.7 Å². The van der Waals surface area contributed by atoms with Gasteiger partial charge in [-0.25, -0.2) is 0 Å². The minimum Gasteiger partial charge on any atom is -0.385 e. The van der Waals surface area contributed by atoms with E-state index in [-0.39, 0.29) is 0 Å². The Kier molecular flexibility index (Phi) is 7.77. The van der Waals surface area contributed by atoms with Gasteiger partial charge in [0, 0.05) is 46.0 Å². The zero-order valence-electron chi connectivity index (χ0n) is 11.6. The van der Waals surface area contributed by atoms with Gasteiger partial charge < -0.3 is 14.8 Å². The van der Waals surface area contributed by atoms with Gasteiger partial charge in [-0.15, -0.1) is 0 Å². The maximum atomic E-state index is 5.16. The molecule has 1 N–H and O–H groups in total. The average Bonchev–Trinajstić information content (AvgIpc) is 2.80. The van der Waals surface area contributed by atoms with Crippen molar-refractivity contribution in [3.63, 3.8) is 0 Å². The molecule has 4 heteroatoms. The molecule has 0 saturated carbocycles. The van der Waals surface area contributed by atoms with Gasteiger partial charge >= 0.3 is 0 Å². The lowest BCUT2D eigenvalue weighted by Gasteiger charge is -2.30. The van der Waals surface area contributed by atoms with Crippen LogP contribution in [0.5, 0.6) is 0 Å². The van der Waals surface area contributed by atoms with Crippen molar-refractivity contribution in [1.29, 1.82) is 0 Å². The molecule has 0 aliphatic carbocycles. The summed E-state index contributed by atoms with van der Waals surface area (Å²) in [5.41, 5.74) is 0. The van der Waals surface area contributed by atoms with Crippen molar-refractivity contribution in [2.45, 2.75) is 38.3 Å². The van der Waals surface area contributed by atoms with Crippen LogP contribution in [0.15, 0.2) is 0 Å². The van der Waals surface area contributed by atoms with Crippen LogP contribution in [0.25, 0.3) is 0 Å². The summed E-state index contributed by atoms with van der Waals surface area (Å²) in [6.07, 6.45) is 3.77. The van der Waals surface area contributed by atoms with Gasteiger partial charge in [0.2, 0.25) is 0 Å². The number of nitrogens with one attached hydrogen (secondary N) is 1. The van der Waals surface area contributed by atoms with Gasteiger partial charge in [-0.3, -0.25) is 4.90 Å². The van der Waals surface area contributed by atoms with E-state index in [4.69, 9.17) is 9.47 Å². The van der Waals surface area contributed by atoms with Crippen LogP contribution in [0.2, 0.25) is 0 Å². The number of hydrogen-bond donors (Lipinski definition) is 1.